The number of carbonyl (C=O) groups excluding carboxylic acids is 2. The van der Waals surface area contributed by atoms with Crippen LogP contribution in [0, 0.1) is 0 Å². The highest BCUT2D eigenvalue weighted by molar-refractivity contribution is 6.30. The number of hydrogen-bond acceptors (Lipinski definition) is 6. The van der Waals surface area contributed by atoms with E-state index in [4.69, 9.17) is 22.1 Å². The van der Waals surface area contributed by atoms with Crippen LogP contribution in [-0.2, 0) is 22.3 Å². The summed E-state index contributed by atoms with van der Waals surface area (Å²) in [6, 6.07) is 13.0. The molecule has 37 heavy (non-hydrogen) atoms. The third-order valence-electron chi connectivity index (χ3n) is 5.83. The maximum atomic E-state index is 13.3. The summed E-state index contributed by atoms with van der Waals surface area (Å²) < 4.78 is 45.4. The normalized spacial score (nSPS) is 17.3. The molecule has 1 unspecified atom stereocenters. The number of anilines is 3. The number of nitrogens with zero attached hydrogens (tertiary/aromatic N) is 1. The van der Waals surface area contributed by atoms with E-state index in [0.717, 1.165) is 6.07 Å². The molecule has 1 aromatic heterocycles. The fourth-order valence-electron chi connectivity index (χ4n) is 3.80. The Morgan fingerprint density at radius 2 is 1.86 bits per heavy atom. The predicted octanol–water partition coefficient (Wildman–Crippen LogP) is 4.28. The molecule has 1 saturated heterocycles. The molecule has 1 aliphatic heterocycles. The molecule has 1 atom stereocenters. The number of alkyl halides is 3. The summed E-state index contributed by atoms with van der Waals surface area (Å²) >= 11 is 5.73. The Bertz CT molecular complexity index is 1280. The zero-order valence-electron chi connectivity index (χ0n) is 19.4. The van der Waals surface area contributed by atoms with Crippen molar-refractivity contribution in [3.63, 3.8) is 0 Å². The van der Waals surface area contributed by atoms with E-state index in [2.05, 4.69) is 20.9 Å². The lowest BCUT2D eigenvalue weighted by Gasteiger charge is -2.27. The van der Waals surface area contributed by atoms with Gasteiger partial charge in [-0.1, -0.05) is 23.7 Å². The molecule has 4 rings (SSSR count). The van der Waals surface area contributed by atoms with E-state index in [-0.39, 0.29) is 35.2 Å². The molecule has 0 aliphatic carbocycles. The van der Waals surface area contributed by atoms with Gasteiger partial charge < -0.3 is 26.4 Å². The largest absolute Gasteiger partial charge is 0.418 e. The number of rotatable bonds is 7. The van der Waals surface area contributed by atoms with Crippen LogP contribution in [0.1, 0.15) is 27.9 Å². The number of ether oxygens (including phenoxy) is 1. The lowest BCUT2D eigenvalue weighted by atomic mass is 9.96. The lowest BCUT2D eigenvalue weighted by molar-refractivity contribution is -0.137. The van der Waals surface area contributed by atoms with E-state index in [0.29, 0.717) is 24.3 Å². The van der Waals surface area contributed by atoms with Crippen LogP contribution >= 0.6 is 11.6 Å². The first-order valence-corrected chi connectivity index (χ1v) is 11.6. The quantitative estimate of drug-likeness (QED) is 0.360. The van der Waals surface area contributed by atoms with Gasteiger partial charge in [0.1, 0.15) is 11.4 Å². The minimum absolute atomic E-state index is 0.0124. The number of nitrogens with two attached hydrogens (primary N) is 1. The van der Waals surface area contributed by atoms with Crippen LogP contribution < -0.4 is 21.7 Å². The highest BCUT2D eigenvalue weighted by Gasteiger charge is 2.43. The first kappa shape index (κ1) is 26.2. The Balaban J connectivity index is 1.39. The fourth-order valence-corrected chi connectivity index (χ4v) is 3.97. The van der Waals surface area contributed by atoms with Crippen LogP contribution in [0.2, 0.25) is 5.02 Å². The van der Waals surface area contributed by atoms with Crippen LogP contribution in [0.5, 0.6) is 0 Å². The summed E-state index contributed by atoms with van der Waals surface area (Å²) in [7, 11) is 0. The Morgan fingerprint density at radius 1 is 1.11 bits per heavy atom. The van der Waals surface area contributed by atoms with Gasteiger partial charge in [-0.05, 0) is 48.0 Å². The molecule has 194 valence electrons. The smallest absolute Gasteiger partial charge is 0.384 e. The summed E-state index contributed by atoms with van der Waals surface area (Å²) in [4.78, 5) is 29.6. The Morgan fingerprint density at radius 3 is 2.49 bits per heavy atom. The van der Waals surface area contributed by atoms with Crippen molar-refractivity contribution in [2.24, 2.45) is 0 Å². The van der Waals surface area contributed by atoms with E-state index in [1.54, 1.807) is 24.3 Å². The number of hydrogen-bond donors (Lipinski definition) is 4. The molecular formula is C25H23ClF3N5O3. The van der Waals surface area contributed by atoms with Crippen LogP contribution in [0.25, 0.3) is 0 Å². The van der Waals surface area contributed by atoms with Gasteiger partial charge in [-0.2, -0.15) is 13.2 Å². The van der Waals surface area contributed by atoms with Crippen molar-refractivity contribution in [2.75, 3.05) is 24.3 Å². The SMILES string of the molecule is Nc1ccc(C(=O)NC2(C(=O)NCc3ccc(Nc4ccc(Cl)cc4C(F)(F)F)cc3)CCOC2)cn1. The average molecular weight is 534 g/mol. The van der Waals surface area contributed by atoms with Gasteiger partial charge in [-0.15, -0.1) is 0 Å². The first-order valence-electron chi connectivity index (χ1n) is 11.2. The number of nitrogens with one attached hydrogen (secondary N) is 3. The zero-order valence-corrected chi connectivity index (χ0v) is 20.1. The molecular weight excluding hydrogens is 511 g/mol. The van der Waals surface area contributed by atoms with Crippen molar-refractivity contribution < 1.29 is 27.5 Å². The maximum Gasteiger partial charge on any atom is 0.418 e. The highest BCUT2D eigenvalue weighted by atomic mass is 35.5. The molecule has 2 amide bonds. The van der Waals surface area contributed by atoms with Crippen LogP contribution in [0.4, 0.5) is 30.4 Å². The summed E-state index contributed by atoms with van der Waals surface area (Å²) in [5, 5.41) is 8.28. The van der Waals surface area contributed by atoms with Crippen molar-refractivity contribution in [3.8, 4) is 0 Å². The maximum absolute atomic E-state index is 13.3. The number of halogens is 4. The molecule has 2 heterocycles. The third-order valence-corrected chi connectivity index (χ3v) is 6.07. The number of carbonyl (C=O) groups is 2. The van der Waals surface area contributed by atoms with Gasteiger partial charge in [-0.25, -0.2) is 4.98 Å². The molecule has 0 bridgehead atoms. The summed E-state index contributed by atoms with van der Waals surface area (Å²) in [5.74, 6) is -0.632. The topological polar surface area (TPSA) is 118 Å². The Kier molecular flexibility index (Phi) is 7.55. The van der Waals surface area contributed by atoms with Gasteiger partial charge in [0.2, 0.25) is 5.91 Å². The number of nitrogen functional groups attached to an aromatic ring is 1. The Hall–Kier alpha value is -3.83. The van der Waals surface area contributed by atoms with Gasteiger partial charge >= 0.3 is 6.18 Å². The molecule has 12 heteroatoms. The summed E-state index contributed by atoms with van der Waals surface area (Å²) in [6.45, 7) is 0.450. The standard InChI is InChI=1S/C25H23ClF3N5O3/c26-17-4-7-20(19(11-17)25(27,28)29)33-18-5-1-15(2-6-18)12-32-23(36)24(9-10-37-14-24)34-22(35)16-3-8-21(30)31-13-16/h1-8,11,13,33H,9-10,12,14H2,(H2,30,31)(H,32,36)(H,34,35). The highest BCUT2D eigenvalue weighted by Crippen LogP contribution is 2.37. The van der Waals surface area contributed by atoms with E-state index in [1.165, 1.54) is 30.5 Å². The predicted molar refractivity (Wildman–Crippen MR) is 132 cm³/mol. The number of benzene rings is 2. The second kappa shape index (κ2) is 10.7. The number of pyridine rings is 1. The molecule has 0 spiro atoms. The summed E-state index contributed by atoms with van der Waals surface area (Å²) in [5.41, 5.74) is 4.68. The van der Waals surface area contributed by atoms with Crippen LogP contribution in [0.3, 0.4) is 0 Å². The summed E-state index contributed by atoms with van der Waals surface area (Å²) in [6.07, 6.45) is -2.96. The van der Waals surface area contributed by atoms with Crippen molar-refractivity contribution in [1.82, 2.24) is 15.6 Å². The molecule has 1 aliphatic rings. The Labute approximate surface area is 215 Å². The van der Waals surface area contributed by atoms with Crippen molar-refractivity contribution in [2.45, 2.75) is 24.7 Å². The third kappa shape index (κ3) is 6.30. The van der Waals surface area contributed by atoms with E-state index < -0.39 is 29.1 Å². The molecule has 0 saturated carbocycles. The van der Waals surface area contributed by atoms with Crippen LogP contribution in [0.15, 0.2) is 60.8 Å². The van der Waals surface area contributed by atoms with Gasteiger partial charge in [-0.3, -0.25) is 9.59 Å². The molecule has 3 aromatic rings. The molecule has 0 radical (unpaired) electrons. The second-order valence-corrected chi connectivity index (χ2v) is 8.94. The monoisotopic (exact) mass is 533 g/mol. The van der Waals surface area contributed by atoms with Gasteiger partial charge in [0.25, 0.3) is 5.91 Å². The van der Waals surface area contributed by atoms with Crippen molar-refractivity contribution >= 4 is 40.6 Å². The molecule has 1 fully saturated rings. The van der Waals surface area contributed by atoms with E-state index in [9.17, 15) is 22.8 Å². The fraction of sp³-hybridized carbons (Fsp3) is 0.240. The second-order valence-electron chi connectivity index (χ2n) is 8.50. The first-order chi connectivity index (χ1) is 17.6. The minimum Gasteiger partial charge on any atom is -0.384 e. The average Bonchev–Trinajstić information content (AvgIpc) is 3.34. The number of aromatic nitrogens is 1. The minimum atomic E-state index is -4.57. The van der Waals surface area contributed by atoms with E-state index in [1.807, 2.05) is 0 Å². The van der Waals surface area contributed by atoms with E-state index >= 15 is 0 Å². The van der Waals surface area contributed by atoms with Gasteiger partial charge in [0.15, 0.2) is 0 Å². The zero-order chi connectivity index (χ0) is 26.6. The lowest BCUT2D eigenvalue weighted by Crippen LogP contribution is -2.59. The molecule has 5 N–H and O–H groups in total. The van der Waals surface area contributed by atoms with Gasteiger partial charge in [0, 0.05) is 36.5 Å². The van der Waals surface area contributed by atoms with Crippen LogP contribution in [-0.4, -0.2) is 35.6 Å². The number of amides is 2. The van der Waals surface area contributed by atoms with Crippen molar-refractivity contribution in [3.05, 3.63) is 82.5 Å². The molecule has 2 aromatic carbocycles. The van der Waals surface area contributed by atoms with Crippen molar-refractivity contribution in [1.29, 1.82) is 0 Å². The molecule has 8 nitrogen and oxygen atoms in total. The van der Waals surface area contributed by atoms with Gasteiger partial charge in [0.05, 0.1) is 23.4 Å².